The number of nitrogens with two attached hydrogens (primary N) is 1. The zero-order chi connectivity index (χ0) is 21.1. The van der Waals surface area contributed by atoms with E-state index in [4.69, 9.17) is 4.74 Å². The fourth-order valence-electron chi connectivity index (χ4n) is 3.76. The molecule has 3 aromatic rings. The Bertz CT molecular complexity index is 1050. The molecule has 5 heteroatoms. The Balaban J connectivity index is 1.75. The Morgan fingerprint density at radius 3 is 2.47 bits per heavy atom. The molecule has 30 heavy (non-hydrogen) atoms. The Morgan fingerprint density at radius 2 is 1.77 bits per heavy atom. The largest absolute Gasteiger partial charge is 0.504 e. The molecule has 1 heterocycles. The monoisotopic (exact) mass is 465 g/mol. The number of rotatable bonds is 5. The minimum absolute atomic E-state index is 0.0226. The van der Waals surface area contributed by atoms with Crippen LogP contribution in [-0.2, 0) is 0 Å². The first-order valence-electron chi connectivity index (χ1n) is 10.2. The fourth-order valence-corrected chi connectivity index (χ4v) is 4.02. The summed E-state index contributed by atoms with van der Waals surface area (Å²) in [4.78, 5) is 0. The highest BCUT2D eigenvalue weighted by atomic mass is 79.9. The van der Waals surface area contributed by atoms with E-state index in [9.17, 15) is 5.11 Å². The highest BCUT2D eigenvalue weighted by molar-refractivity contribution is 9.10. The smallest absolute Gasteiger partial charge is 0.186 e. The number of para-hydroxylation sites is 1. The van der Waals surface area contributed by atoms with Crippen molar-refractivity contribution in [1.29, 1.82) is 0 Å². The highest BCUT2D eigenvalue weighted by Gasteiger charge is 2.30. The van der Waals surface area contributed by atoms with E-state index < -0.39 is 0 Å². The number of nitrogens with one attached hydrogen (secondary N) is 1. The third kappa shape index (κ3) is 4.37. The van der Waals surface area contributed by atoms with E-state index in [1.807, 2.05) is 31.2 Å². The Kier molecular flexibility index (Phi) is 6.11. The van der Waals surface area contributed by atoms with E-state index in [1.165, 1.54) is 11.1 Å². The van der Waals surface area contributed by atoms with Gasteiger partial charge >= 0.3 is 0 Å². The molecule has 0 spiro atoms. The lowest BCUT2D eigenvalue weighted by atomic mass is 9.97. The van der Waals surface area contributed by atoms with Crippen molar-refractivity contribution in [3.63, 3.8) is 0 Å². The van der Waals surface area contributed by atoms with Gasteiger partial charge in [0.15, 0.2) is 17.7 Å². The van der Waals surface area contributed by atoms with Crippen LogP contribution in [0.4, 0.5) is 0 Å². The van der Waals surface area contributed by atoms with Gasteiger partial charge in [0.05, 0.1) is 12.2 Å². The van der Waals surface area contributed by atoms with Gasteiger partial charge in [-0.2, -0.15) is 0 Å². The average molecular weight is 466 g/mol. The van der Waals surface area contributed by atoms with Crippen LogP contribution in [0.3, 0.4) is 0 Å². The lowest BCUT2D eigenvalue weighted by molar-refractivity contribution is -0.731. The topological polar surface area (TPSA) is 58.1 Å². The number of aryl methyl sites for hydroxylation is 1. The molecule has 154 valence electrons. The lowest BCUT2D eigenvalue weighted by Gasteiger charge is -2.30. The van der Waals surface area contributed by atoms with Crippen LogP contribution in [0.2, 0.25) is 0 Å². The summed E-state index contributed by atoms with van der Waals surface area (Å²) in [7, 11) is 0. The van der Waals surface area contributed by atoms with E-state index >= 15 is 0 Å². The van der Waals surface area contributed by atoms with E-state index in [0.717, 1.165) is 21.3 Å². The summed E-state index contributed by atoms with van der Waals surface area (Å²) in [5.74, 6) is 0.726. The molecule has 0 saturated heterocycles. The molecule has 1 aliphatic heterocycles. The first-order chi connectivity index (χ1) is 14.5. The minimum Gasteiger partial charge on any atom is -0.504 e. The Morgan fingerprint density at radius 1 is 1.03 bits per heavy atom. The molecule has 4 rings (SSSR count). The second-order valence-electron chi connectivity index (χ2n) is 7.47. The molecule has 2 atom stereocenters. The molecule has 0 saturated carbocycles. The highest BCUT2D eigenvalue weighted by Crippen LogP contribution is 2.35. The second kappa shape index (κ2) is 8.94. The number of phenols is 1. The first kappa shape index (κ1) is 20.5. The van der Waals surface area contributed by atoms with Gasteiger partial charge in [0.2, 0.25) is 0 Å². The third-order valence-electron chi connectivity index (χ3n) is 5.34. The molecule has 0 radical (unpaired) electrons. The summed E-state index contributed by atoms with van der Waals surface area (Å²) < 4.78 is 6.66. The van der Waals surface area contributed by atoms with E-state index in [0.29, 0.717) is 12.4 Å². The van der Waals surface area contributed by atoms with E-state index in [1.54, 1.807) is 6.07 Å². The van der Waals surface area contributed by atoms with E-state index in [-0.39, 0.29) is 18.0 Å². The minimum atomic E-state index is -0.0587. The van der Waals surface area contributed by atoms with Gasteiger partial charge in [-0.15, -0.1) is 0 Å². The molecule has 0 amide bonds. The molecule has 0 aromatic heterocycles. The van der Waals surface area contributed by atoms with Gasteiger partial charge in [0.1, 0.15) is 6.04 Å². The van der Waals surface area contributed by atoms with Crippen molar-refractivity contribution < 1.29 is 15.2 Å². The fraction of sp³-hybridized carbons (Fsp3) is 0.200. The van der Waals surface area contributed by atoms with E-state index in [2.05, 4.69) is 76.0 Å². The molecule has 2 unspecified atom stereocenters. The molecular weight excluding hydrogens is 440 g/mol. The summed E-state index contributed by atoms with van der Waals surface area (Å²) in [6.45, 7) is 4.52. The van der Waals surface area contributed by atoms with Gasteiger partial charge in [0, 0.05) is 21.8 Å². The maximum atomic E-state index is 10.9. The van der Waals surface area contributed by atoms with Crippen molar-refractivity contribution in [2.45, 2.75) is 26.1 Å². The summed E-state index contributed by atoms with van der Waals surface area (Å²) >= 11 is 3.51. The van der Waals surface area contributed by atoms with Gasteiger partial charge in [-0.25, -0.2) is 0 Å². The maximum absolute atomic E-state index is 10.9. The van der Waals surface area contributed by atoms with Crippen molar-refractivity contribution in [2.75, 3.05) is 6.61 Å². The summed E-state index contributed by atoms with van der Waals surface area (Å²) in [6, 6.07) is 22.5. The number of benzene rings is 3. The Hall–Kier alpha value is -2.76. The van der Waals surface area contributed by atoms with Gasteiger partial charge in [-0.3, -0.25) is 0 Å². The van der Waals surface area contributed by atoms with Crippen molar-refractivity contribution in [2.24, 2.45) is 0 Å². The van der Waals surface area contributed by atoms with Crippen LogP contribution >= 0.6 is 15.9 Å². The molecule has 0 aliphatic carbocycles. The molecular formula is C25H26BrN2O2+. The standard InChI is InChI=1S/C25H25BrN2O2/c1-3-30-23-6-4-5-20(24(23)29)22-15-21(17-11-13-19(26)14-12-17)27-25(28-22)18-9-7-16(2)8-10-18/h4-15,22,25,27-29H,3H2,1-2H3/p+1. The van der Waals surface area contributed by atoms with Crippen LogP contribution in [0.25, 0.3) is 5.70 Å². The lowest BCUT2D eigenvalue weighted by Crippen LogP contribution is -2.89. The summed E-state index contributed by atoms with van der Waals surface area (Å²) in [5.41, 5.74) is 5.41. The SMILES string of the molecule is CCOc1cccc(C2C=C(c3ccc(Br)cc3)NC(c3ccc(C)cc3)[NH2+]2)c1O. The predicted molar refractivity (Wildman–Crippen MR) is 123 cm³/mol. The van der Waals surface area contributed by atoms with Crippen LogP contribution < -0.4 is 15.4 Å². The molecule has 4 nitrogen and oxygen atoms in total. The van der Waals surface area contributed by atoms with Gasteiger partial charge in [-0.1, -0.05) is 64.0 Å². The molecule has 1 aliphatic rings. The number of hydrogen-bond acceptors (Lipinski definition) is 3. The zero-order valence-corrected chi connectivity index (χ0v) is 18.7. The van der Waals surface area contributed by atoms with Crippen LogP contribution in [0, 0.1) is 6.92 Å². The van der Waals surface area contributed by atoms with Gasteiger partial charge in [-0.05, 0) is 43.7 Å². The summed E-state index contributed by atoms with van der Waals surface area (Å²) in [6.07, 6.45) is 2.19. The van der Waals surface area contributed by atoms with Gasteiger partial charge in [0.25, 0.3) is 0 Å². The van der Waals surface area contributed by atoms with Crippen molar-refractivity contribution in [1.82, 2.24) is 5.32 Å². The van der Waals surface area contributed by atoms with Gasteiger partial charge < -0.3 is 20.5 Å². The van der Waals surface area contributed by atoms with Crippen LogP contribution in [0.15, 0.2) is 77.3 Å². The number of hydrogen-bond donors (Lipinski definition) is 3. The molecule has 0 fully saturated rings. The van der Waals surface area contributed by atoms with Crippen molar-refractivity contribution in [3.8, 4) is 11.5 Å². The number of quaternary nitrogens is 1. The maximum Gasteiger partial charge on any atom is 0.186 e. The third-order valence-corrected chi connectivity index (χ3v) is 5.87. The van der Waals surface area contributed by atoms with Crippen LogP contribution in [0.5, 0.6) is 11.5 Å². The number of aromatic hydroxyl groups is 1. The van der Waals surface area contributed by atoms with Crippen molar-refractivity contribution >= 4 is 21.6 Å². The molecule has 4 N–H and O–H groups in total. The number of phenolic OH excluding ortho intramolecular Hbond substituents is 1. The van der Waals surface area contributed by atoms with Crippen LogP contribution in [-0.4, -0.2) is 11.7 Å². The predicted octanol–water partition coefficient (Wildman–Crippen LogP) is 4.81. The number of ether oxygens (including phenoxy) is 1. The quantitative estimate of drug-likeness (QED) is 0.506. The Labute approximate surface area is 185 Å². The average Bonchev–Trinajstić information content (AvgIpc) is 2.76. The zero-order valence-electron chi connectivity index (χ0n) is 17.1. The molecule has 0 bridgehead atoms. The molecule has 3 aromatic carbocycles. The second-order valence-corrected chi connectivity index (χ2v) is 8.38. The first-order valence-corrected chi connectivity index (χ1v) is 10.9. The van der Waals surface area contributed by atoms with Crippen molar-refractivity contribution in [3.05, 3.63) is 99.5 Å². The normalized spacial score (nSPS) is 18.4. The summed E-state index contributed by atoms with van der Waals surface area (Å²) in [5, 5.41) is 16.8. The number of halogens is 1. The van der Waals surface area contributed by atoms with Crippen LogP contribution in [0.1, 0.15) is 41.4 Å².